The van der Waals surface area contributed by atoms with Crippen LogP contribution in [0.2, 0.25) is 0 Å². The summed E-state index contributed by atoms with van der Waals surface area (Å²) >= 11 is 2.07. The Morgan fingerprint density at radius 3 is 2.40 bits per heavy atom. The van der Waals surface area contributed by atoms with Crippen LogP contribution in [0.15, 0.2) is 0 Å². The monoisotopic (exact) mass is 231 g/mol. The van der Waals surface area contributed by atoms with E-state index in [0.29, 0.717) is 0 Å². The Kier molecular flexibility index (Phi) is 12.6. The lowest BCUT2D eigenvalue weighted by Gasteiger charge is -2.16. The standard InChI is InChI=1S/C13H29NS/c1-4-10-13(14-5-2)11-8-7-9-12-15-6-3/h13-14H,4-12H2,1-3H3. The molecule has 0 spiro atoms. The van der Waals surface area contributed by atoms with E-state index in [4.69, 9.17) is 0 Å². The zero-order valence-corrected chi connectivity index (χ0v) is 11.7. The van der Waals surface area contributed by atoms with E-state index >= 15 is 0 Å². The summed E-state index contributed by atoms with van der Waals surface area (Å²) in [7, 11) is 0. The number of thioether (sulfide) groups is 1. The summed E-state index contributed by atoms with van der Waals surface area (Å²) in [5.41, 5.74) is 0. The molecule has 0 amide bonds. The molecular weight excluding hydrogens is 202 g/mol. The third-order valence-corrected chi connectivity index (χ3v) is 3.66. The molecule has 0 aliphatic carbocycles. The van der Waals surface area contributed by atoms with Crippen molar-refractivity contribution < 1.29 is 0 Å². The van der Waals surface area contributed by atoms with Crippen LogP contribution in [0, 0.1) is 0 Å². The van der Waals surface area contributed by atoms with Crippen molar-refractivity contribution in [2.75, 3.05) is 18.1 Å². The molecule has 0 aromatic rings. The van der Waals surface area contributed by atoms with Gasteiger partial charge in [-0.2, -0.15) is 11.8 Å². The van der Waals surface area contributed by atoms with Crippen molar-refractivity contribution in [3.05, 3.63) is 0 Å². The van der Waals surface area contributed by atoms with E-state index < -0.39 is 0 Å². The predicted molar refractivity (Wildman–Crippen MR) is 73.8 cm³/mol. The van der Waals surface area contributed by atoms with Crippen LogP contribution >= 0.6 is 11.8 Å². The maximum Gasteiger partial charge on any atom is 0.00668 e. The third kappa shape index (κ3) is 10.6. The molecule has 0 aliphatic rings. The van der Waals surface area contributed by atoms with Crippen LogP contribution in [0.4, 0.5) is 0 Å². The van der Waals surface area contributed by atoms with Crippen LogP contribution in [-0.4, -0.2) is 24.1 Å². The van der Waals surface area contributed by atoms with Gasteiger partial charge in [0, 0.05) is 6.04 Å². The summed E-state index contributed by atoms with van der Waals surface area (Å²) in [6.07, 6.45) is 8.25. The van der Waals surface area contributed by atoms with Gasteiger partial charge in [-0.3, -0.25) is 0 Å². The second-order valence-electron chi connectivity index (χ2n) is 4.09. The highest BCUT2D eigenvalue weighted by Gasteiger charge is 2.04. The molecule has 2 heteroatoms. The summed E-state index contributed by atoms with van der Waals surface area (Å²) in [5.74, 6) is 2.63. The molecule has 0 rings (SSSR count). The van der Waals surface area contributed by atoms with Gasteiger partial charge in [0.15, 0.2) is 0 Å². The van der Waals surface area contributed by atoms with Crippen LogP contribution in [0.25, 0.3) is 0 Å². The first-order chi connectivity index (χ1) is 7.35. The average molecular weight is 231 g/mol. The minimum absolute atomic E-state index is 0.777. The van der Waals surface area contributed by atoms with Gasteiger partial charge in [0.05, 0.1) is 0 Å². The number of nitrogens with one attached hydrogen (secondary N) is 1. The SMILES string of the molecule is CCCC(CCCCCSCC)NCC. The second-order valence-corrected chi connectivity index (χ2v) is 5.48. The Morgan fingerprint density at radius 2 is 1.80 bits per heavy atom. The first-order valence-electron chi connectivity index (χ1n) is 6.66. The third-order valence-electron chi connectivity index (χ3n) is 2.68. The van der Waals surface area contributed by atoms with Crippen molar-refractivity contribution in [1.82, 2.24) is 5.32 Å². The van der Waals surface area contributed by atoms with Gasteiger partial charge in [-0.25, -0.2) is 0 Å². The van der Waals surface area contributed by atoms with Crippen LogP contribution < -0.4 is 5.32 Å². The van der Waals surface area contributed by atoms with Gasteiger partial charge in [-0.05, 0) is 37.3 Å². The number of rotatable bonds is 11. The van der Waals surface area contributed by atoms with E-state index in [1.807, 2.05) is 0 Å². The lowest BCUT2D eigenvalue weighted by atomic mass is 10.0. The molecule has 15 heavy (non-hydrogen) atoms. The highest BCUT2D eigenvalue weighted by Crippen LogP contribution is 2.10. The van der Waals surface area contributed by atoms with Crippen molar-refractivity contribution in [1.29, 1.82) is 0 Å². The Balaban J connectivity index is 3.28. The minimum Gasteiger partial charge on any atom is -0.314 e. The van der Waals surface area contributed by atoms with E-state index in [2.05, 4.69) is 37.8 Å². The summed E-state index contributed by atoms with van der Waals surface area (Å²) in [4.78, 5) is 0. The smallest absolute Gasteiger partial charge is 0.00668 e. The van der Waals surface area contributed by atoms with E-state index in [-0.39, 0.29) is 0 Å². The fourth-order valence-corrected chi connectivity index (χ4v) is 2.60. The Bertz CT molecular complexity index is 111. The van der Waals surface area contributed by atoms with Gasteiger partial charge in [-0.1, -0.05) is 40.0 Å². The van der Waals surface area contributed by atoms with E-state index in [0.717, 1.165) is 12.6 Å². The van der Waals surface area contributed by atoms with Crippen LogP contribution in [0.1, 0.15) is 59.3 Å². The molecule has 0 bridgehead atoms. The van der Waals surface area contributed by atoms with Crippen molar-refractivity contribution >= 4 is 11.8 Å². The summed E-state index contributed by atoms with van der Waals surface area (Å²) in [6, 6.07) is 0.777. The lowest BCUT2D eigenvalue weighted by molar-refractivity contribution is 0.440. The molecule has 0 saturated carbocycles. The Hall–Kier alpha value is 0.310. The van der Waals surface area contributed by atoms with Gasteiger partial charge in [0.25, 0.3) is 0 Å². The highest BCUT2D eigenvalue weighted by molar-refractivity contribution is 7.99. The Labute approximate surface area is 101 Å². The molecule has 0 fully saturated rings. The highest BCUT2D eigenvalue weighted by atomic mass is 32.2. The van der Waals surface area contributed by atoms with Crippen molar-refractivity contribution in [2.45, 2.75) is 65.3 Å². The number of hydrogen-bond acceptors (Lipinski definition) is 2. The number of hydrogen-bond donors (Lipinski definition) is 1. The molecule has 1 nitrogen and oxygen atoms in total. The quantitative estimate of drug-likeness (QED) is 0.538. The number of unbranched alkanes of at least 4 members (excludes halogenated alkanes) is 2. The van der Waals surface area contributed by atoms with Gasteiger partial charge >= 0.3 is 0 Å². The molecule has 92 valence electrons. The Morgan fingerprint density at radius 1 is 1.00 bits per heavy atom. The first kappa shape index (κ1) is 15.3. The molecule has 0 heterocycles. The van der Waals surface area contributed by atoms with Crippen molar-refractivity contribution in [2.24, 2.45) is 0 Å². The normalized spacial score (nSPS) is 13.0. The maximum atomic E-state index is 3.58. The molecule has 0 aromatic carbocycles. The predicted octanol–water partition coefficient (Wildman–Crippen LogP) is 4.08. The molecule has 1 atom stereocenters. The fourth-order valence-electron chi connectivity index (χ4n) is 1.90. The maximum absolute atomic E-state index is 3.58. The first-order valence-corrected chi connectivity index (χ1v) is 7.81. The second kappa shape index (κ2) is 12.4. The largest absolute Gasteiger partial charge is 0.314 e. The molecule has 1 unspecified atom stereocenters. The van der Waals surface area contributed by atoms with Crippen LogP contribution in [0.3, 0.4) is 0 Å². The molecule has 0 aliphatic heterocycles. The summed E-state index contributed by atoms with van der Waals surface area (Å²) in [6.45, 7) is 7.85. The topological polar surface area (TPSA) is 12.0 Å². The minimum atomic E-state index is 0.777. The van der Waals surface area contributed by atoms with E-state index in [1.165, 1.54) is 50.0 Å². The van der Waals surface area contributed by atoms with Crippen molar-refractivity contribution in [3.63, 3.8) is 0 Å². The van der Waals surface area contributed by atoms with Crippen molar-refractivity contribution in [3.8, 4) is 0 Å². The average Bonchev–Trinajstić information content (AvgIpc) is 2.24. The van der Waals surface area contributed by atoms with Crippen LogP contribution in [0.5, 0.6) is 0 Å². The molecule has 0 radical (unpaired) electrons. The zero-order chi connectivity index (χ0) is 11.4. The lowest BCUT2D eigenvalue weighted by Crippen LogP contribution is -2.28. The zero-order valence-electron chi connectivity index (χ0n) is 10.8. The summed E-state index contributed by atoms with van der Waals surface area (Å²) < 4.78 is 0. The van der Waals surface area contributed by atoms with E-state index in [1.54, 1.807) is 0 Å². The molecule has 0 saturated heterocycles. The molecular formula is C13H29NS. The van der Waals surface area contributed by atoms with Gasteiger partial charge in [0.2, 0.25) is 0 Å². The summed E-state index contributed by atoms with van der Waals surface area (Å²) in [5, 5.41) is 3.58. The fraction of sp³-hybridized carbons (Fsp3) is 1.00. The van der Waals surface area contributed by atoms with Crippen LogP contribution in [-0.2, 0) is 0 Å². The van der Waals surface area contributed by atoms with Gasteiger partial charge < -0.3 is 5.32 Å². The van der Waals surface area contributed by atoms with Gasteiger partial charge in [-0.15, -0.1) is 0 Å². The molecule has 0 aromatic heterocycles. The van der Waals surface area contributed by atoms with E-state index in [9.17, 15) is 0 Å². The molecule has 1 N–H and O–H groups in total. The van der Waals surface area contributed by atoms with Gasteiger partial charge in [0.1, 0.15) is 0 Å².